The van der Waals surface area contributed by atoms with Crippen molar-refractivity contribution in [2.45, 2.75) is 33.6 Å². The summed E-state index contributed by atoms with van der Waals surface area (Å²) in [5.74, 6) is 1.84. The number of carbonyl (C=O) groups excluding carboxylic acids is 1. The van der Waals surface area contributed by atoms with Crippen LogP contribution in [-0.2, 0) is 11.2 Å². The maximum absolute atomic E-state index is 11.3. The lowest BCUT2D eigenvalue weighted by Gasteiger charge is -2.00. The van der Waals surface area contributed by atoms with Gasteiger partial charge in [-0.05, 0) is 0 Å². The molecule has 0 saturated carbocycles. The molecule has 0 aliphatic heterocycles. The molecule has 13 heavy (non-hydrogen) atoms. The molecular formula is C10H15NO2. The normalized spacial score (nSPS) is 10.8. The van der Waals surface area contributed by atoms with Gasteiger partial charge in [0.25, 0.3) is 0 Å². The van der Waals surface area contributed by atoms with Crippen molar-refractivity contribution in [2.75, 3.05) is 0 Å². The second-order valence-electron chi connectivity index (χ2n) is 3.47. The summed E-state index contributed by atoms with van der Waals surface area (Å²) in [5, 5.41) is 0. The van der Waals surface area contributed by atoms with Crippen molar-refractivity contribution in [3.05, 3.63) is 17.8 Å². The molecule has 3 heteroatoms. The monoisotopic (exact) mass is 181 g/mol. The predicted molar refractivity (Wildman–Crippen MR) is 49.4 cm³/mol. The number of carbonyl (C=O) groups is 1. The van der Waals surface area contributed by atoms with Crippen molar-refractivity contribution in [1.82, 2.24) is 4.98 Å². The quantitative estimate of drug-likeness (QED) is 0.714. The van der Waals surface area contributed by atoms with Gasteiger partial charge in [0.1, 0.15) is 11.5 Å². The van der Waals surface area contributed by atoms with Gasteiger partial charge < -0.3 is 4.42 Å². The van der Waals surface area contributed by atoms with Gasteiger partial charge in [0.15, 0.2) is 5.89 Å². The predicted octanol–water partition coefficient (Wildman–Crippen LogP) is 2.14. The van der Waals surface area contributed by atoms with Gasteiger partial charge in [-0.15, -0.1) is 0 Å². The van der Waals surface area contributed by atoms with Crippen molar-refractivity contribution in [3.63, 3.8) is 0 Å². The summed E-state index contributed by atoms with van der Waals surface area (Å²) in [6, 6.07) is 0. The first kappa shape index (κ1) is 9.96. The number of oxazole rings is 1. The Balaban J connectivity index is 2.39. The largest absolute Gasteiger partial charge is 0.446 e. The maximum Gasteiger partial charge on any atom is 0.191 e. The Bertz CT molecular complexity index is 289. The highest BCUT2D eigenvalue weighted by atomic mass is 16.3. The van der Waals surface area contributed by atoms with E-state index in [1.807, 2.05) is 13.8 Å². The van der Waals surface area contributed by atoms with E-state index in [0.717, 1.165) is 5.76 Å². The van der Waals surface area contributed by atoms with E-state index in [-0.39, 0.29) is 11.7 Å². The van der Waals surface area contributed by atoms with E-state index in [0.29, 0.717) is 18.7 Å². The molecule has 0 spiro atoms. The minimum Gasteiger partial charge on any atom is -0.446 e. The van der Waals surface area contributed by atoms with Crippen molar-refractivity contribution in [2.24, 2.45) is 5.92 Å². The maximum atomic E-state index is 11.3. The summed E-state index contributed by atoms with van der Waals surface area (Å²) in [6.07, 6.45) is 2.90. The van der Waals surface area contributed by atoms with Gasteiger partial charge in [0, 0.05) is 25.7 Å². The molecule has 3 nitrogen and oxygen atoms in total. The zero-order valence-corrected chi connectivity index (χ0v) is 8.33. The molecule has 0 aromatic carbocycles. The summed E-state index contributed by atoms with van der Waals surface area (Å²) in [4.78, 5) is 15.2. The number of nitrogens with zero attached hydrogens (tertiary/aromatic N) is 1. The van der Waals surface area contributed by atoms with Gasteiger partial charge in [0.05, 0.1) is 6.20 Å². The first-order valence-corrected chi connectivity index (χ1v) is 4.53. The zero-order chi connectivity index (χ0) is 9.84. The van der Waals surface area contributed by atoms with E-state index >= 15 is 0 Å². The number of ketones is 1. The highest BCUT2D eigenvalue weighted by Gasteiger charge is 2.08. The molecule has 0 bridgehead atoms. The van der Waals surface area contributed by atoms with E-state index in [9.17, 15) is 4.79 Å². The van der Waals surface area contributed by atoms with Gasteiger partial charge >= 0.3 is 0 Å². The Morgan fingerprint density at radius 2 is 2.31 bits per heavy atom. The minimum atomic E-state index is 0.115. The van der Waals surface area contributed by atoms with Crippen molar-refractivity contribution in [3.8, 4) is 0 Å². The van der Waals surface area contributed by atoms with Gasteiger partial charge in [-0.2, -0.15) is 0 Å². The number of hydrogen-bond donors (Lipinski definition) is 0. The molecule has 0 N–H and O–H groups in total. The Labute approximate surface area is 78.2 Å². The average Bonchev–Trinajstić information content (AvgIpc) is 2.47. The summed E-state index contributed by atoms with van der Waals surface area (Å²) in [6.45, 7) is 5.62. The topological polar surface area (TPSA) is 43.1 Å². The average molecular weight is 181 g/mol. The molecule has 1 aromatic heterocycles. The zero-order valence-electron chi connectivity index (χ0n) is 8.33. The number of Topliss-reactive ketones (excluding diaryl/α,β-unsaturated/α-hetero) is 1. The van der Waals surface area contributed by atoms with Gasteiger partial charge in [-0.1, -0.05) is 13.8 Å². The lowest BCUT2D eigenvalue weighted by molar-refractivity contribution is -0.121. The molecule has 1 aromatic rings. The lowest BCUT2D eigenvalue weighted by atomic mass is 10.0. The Kier molecular flexibility index (Phi) is 3.23. The van der Waals surface area contributed by atoms with Gasteiger partial charge in [-0.3, -0.25) is 4.79 Å². The first-order chi connectivity index (χ1) is 6.09. The van der Waals surface area contributed by atoms with E-state index in [1.54, 1.807) is 13.1 Å². The minimum absolute atomic E-state index is 0.115. The molecule has 0 fully saturated rings. The van der Waals surface area contributed by atoms with Crippen molar-refractivity contribution in [1.29, 1.82) is 0 Å². The Morgan fingerprint density at radius 1 is 1.62 bits per heavy atom. The van der Waals surface area contributed by atoms with Crippen LogP contribution in [0.2, 0.25) is 0 Å². The van der Waals surface area contributed by atoms with E-state index in [2.05, 4.69) is 4.98 Å². The van der Waals surface area contributed by atoms with E-state index < -0.39 is 0 Å². The molecule has 0 aliphatic carbocycles. The molecule has 0 saturated heterocycles. The first-order valence-electron chi connectivity index (χ1n) is 4.53. The molecule has 72 valence electrons. The summed E-state index contributed by atoms with van der Waals surface area (Å²) in [7, 11) is 0. The Morgan fingerprint density at radius 3 is 2.77 bits per heavy atom. The molecule has 1 heterocycles. The van der Waals surface area contributed by atoms with E-state index in [4.69, 9.17) is 4.42 Å². The van der Waals surface area contributed by atoms with Crippen LogP contribution in [0.1, 0.15) is 31.9 Å². The second kappa shape index (κ2) is 4.21. The van der Waals surface area contributed by atoms with Crippen LogP contribution in [0.4, 0.5) is 0 Å². The standard InChI is InChI=1S/C10H15NO2/c1-7(2)10(12)5-4-9-6-11-8(3)13-9/h6-7H,4-5H2,1-3H3. The van der Waals surface area contributed by atoms with Gasteiger partial charge in [-0.25, -0.2) is 4.98 Å². The SMILES string of the molecule is Cc1ncc(CCC(=O)C(C)C)o1. The van der Waals surface area contributed by atoms with Crippen molar-refractivity contribution < 1.29 is 9.21 Å². The third-order valence-electron chi connectivity index (χ3n) is 1.93. The van der Waals surface area contributed by atoms with Crippen LogP contribution in [0.15, 0.2) is 10.6 Å². The molecule has 0 amide bonds. The van der Waals surface area contributed by atoms with Crippen LogP contribution in [-0.4, -0.2) is 10.8 Å². The van der Waals surface area contributed by atoms with Crippen LogP contribution in [0, 0.1) is 12.8 Å². The third kappa shape index (κ3) is 3.01. The van der Waals surface area contributed by atoms with Crippen LogP contribution >= 0.6 is 0 Å². The fourth-order valence-corrected chi connectivity index (χ4v) is 1.06. The smallest absolute Gasteiger partial charge is 0.191 e. The second-order valence-corrected chi connectivity index (χ2v) is 3.47. The number of rotatable bonds is 4. The van der Waals surface area contributed by atoms with Gasteiger partial charge in [0.2, 0.25) is 0 Å². The fourth-order valence-electron chi connectivity index (χ4n) is 1.06. The highest BCUT2D eigenvalue weighted by Crippen LogP contribution is 2.08. The molecule has 0 unspecified atom stereocenters. The molecule has 1 rings (SSSR count). The molecular weight excluding hydrogens is 166 g/mol. The summed E-state index contributed by atoms with van der Waals surface area (Å²) in [5.41, 5.74) is 0. The van der Waals surface area contributed by atoms with Crippen LogP contribution < -0.4 is 0 Å². The van der Waals surface area contributed by atoms with Crippen LogP contribution in [0.5, 0.6) is 0 Å². The third-order valence-corrected chi connectivity index (χ3v) is 1.93. The molecule has 0 atom stereocenters. The van der Waals surface area contributed by atoms with Crippen molar-refractivity contribution >= 4 is 5.78 Å². The Hall–Kier alpha value is -1.12. The summed E-state index contributed by atoms with van der Waals surface area (Å²) < 4.78 is 5.25. The number of hydrogen-bond acceptors (Lipinski definition) is 3. The van der Waals surface area contributed by atoms with Crippen LogP contribution in [0.3, 0.4) is 0 Å². The summed E-state index contributed by atoms with van der Waals surface area (Å²) >= 11 is 0. The van der Waals surface area contributed by atoms with E-state index in [1.165, 1.54) is 0 Å². The molecule has 0 aliphatic rings. The molecule has 0 radical (unpaired) electrons. The lowest BCUT2D eigenvalue weighted by Crippen LogP contribution is -2.07. The van der Waals surface area contributed by atoms with Crippen LogP contribution in [0.25, 0.3) is 0 Å². The number of aryl methyl sites for hydroxylation is 2. The fraction of sp³-hybridized carbons (Fsp3) is 0.600. The highest BCUT2D eigenvalue weighted by molar-refractivity contribution is 5.80. The number of aromatic nitrogens is 1.